The van der Waals surface area contributed by atoms with Crippen molar-refractivity contribution in [2.45, 2.75) is 19.4 Å². The van der Waals surface area contributed by atoms with Crippen molar-refractivity contribution in [2.75, 3.05) is 13.1 Å². The molecule has 2 aliphatic rings. The molecule has 1 amide bonds. The second-order valence-electron chi connectivity index (χ2n) is 6.18. The predicted octanol–water partition coefficient (Wildman–Crippen LogP) is 2.38. The lowest BCUT2D eigenvalue weighted by Gasteiger charge is -2.41. The van der Waals surface area contributed by atoms with E-state index < -0.39 is 0 Å². The van der Waals surface area contributed by atoms with Crippen LogP contribution < -0.4 is 5.32 Å². The van der Waals surface area contributed by atoms with Gasteiger partial charge in [0.15, 0.2) is 5.76 Å². The maximum atomic E-state index is 12.8. The molecular formula is C19H18N2O3. The monoisotopic (exact) mass is 322 g/mol. The molecule has 0 bridgehead atoms. The highest BCUT2D eigenvalue weighted by atomic mass is 16.3. The first-order chi connectivity index (χ1) is 11.6. The SMILES string of the molecule is Cc1ccc(C(=O)C=C2NCC3c4ccccc4CCN3C2=O)o1. The van der Waals surface area contributed by atoms with Crippen molar-refractivity contribution in [3.05, 3.63) is 70.8 Å². The molecule has 122 valence electrons. The summed E-state index contributed by atoms with van der Waals surface area (Å²) in [5.41, 5.74) is 2.82. The number of benzene rings is 1. The Hall–Kier alpha value is -2.82. The van der Waals surface area contributed by atoms with E-state index in [0.717, 1.165) is 6.42 Å². The van der Waals surface area contributed by atoms with Crippen molar-refractivity contribution in [3.8, 4) is 0 Å². The number of amides is 1. The van der Waals surface area contributed by atoms with Crippen molar-refractivity contribution < 1.29 is 14.0 Å². The van der Waals surface area contributed by atoms with Crippen molar-refractivity contribution in [1.29, 1.82) is 0 Å². The molecule has 1 saturated heterocycles. The summed E-state index contributed by atoms with van der Waals surface area (Å²) in [5.74, 6) is 0.500. The Labute approximate surface area is 139 Å². The zero-order valence-corrected chi connectivity index (χ0v) is 13.4. The number of furan rings is 1. The maximum Gasteiger partial charge on any atom is 0.270 e. The lowest BCUT2D eigenvalue weighted by atomic mass is 9.91. The summed E-state index contributed by atoms with van der Waals surface area (Å²) in [5, 5.41) is 3.12. The number of fused-ring (bicyclic) bond motifs is 3. The van der Waals surface area contributed by atoms with E-state index in [4.69, 9.17) is 4.42 Å². The quantitative estimate of drug-likeness (QED) is 0.681. The van der Waals surface area contributed by atoms with Crippen LogP contribution in [0.1, 0.15) is 33.5 Å². The molecule has 4 rings (SSSR count). The van der Waals surface area contributed by atoms with E-state index in [2.05, 4.69) is 17.4 Å². The zero-order chi connectivity index (χ0) is 16.7. The summed E-state index contributed by atoms with van der Waals surface area (Å²) < 4.78 is 5.33. The van der Waals surface area contributed by atoms with Crippen LogP contribution in [-0.4, -0.2) is 29.7 Å². The number of allylic oxidation sites excluding steroid dienone is 1. The molecule has 2 aromatic rings. The number of hydrogen-bond donors (Lipinski definition) is 1. The standard InChI is InChI=1S/C19H18N2O3/c1-12-6-7-18(24-12)17(22)10-15-19(23)21-9-8-13-4-2-3-5-14(13)16(21)11-20-15/h2-7,10,16,20H,8-9,11H2,1H3. The van der Waals surface area contributed by atoms with Gasteiger partial charge >= 0.3 is 0 Å². The van der Waals surface area contributed by atoms with Crippen LogP contribution in [0.15, 0.2) is 52.6 Å². The fourth-order valence-corrected chi connectivity index (χ4v) is 3.43. The Balaban J connectivity index is 1.59. The Bertz CT molecular complexity index is 850. The molecule has 1 unspecified atom stereocenters. The van der Waals surface area contributed by atoms with Crippen molar-refractivity contribution in [3.63, 3.8) is 0 Å². The minimum absolute atomic E-state index is 0.0283. The second-order valence-corrected chi connectivity index (χ2v) is 6.18. The number of nitrogens with one attached hydrogen (secondary N) is 1. The fourth-order valence-electron chi connectivity index (χ4n) is 3.43. The van der Waals surface area contributed by atoms with Crippen LogP contribution in [-0.2, 0) is 11.2 Å². The fraction of sp³-hybridized carbons (Fsp3) is 0.263. The van der Waals surface area contributed by atoms with Gasteiger partial charge in [0.2, 0.25) is 5.78 Å². The molecular weight excluding hydrogens is 304 g/mol. The molecule has 1 N–H and O–H groups in total. The van der Waals surface area contributed by atoms with Gasteiger partial charge in [0, 0.05) is 19.2 Å². The van der Waals surface area contributed by atoms with E-state index in [9.17, 15) is 9.59 Å². The Kier molecular flexibility index (Phi) is 3.49. The van der Waals surface area contributed by atoms with Crippen molar-refractivity contribution in [1.82, 2.24) is 10.2 Å². The van der Waals surface area contributed by atoms with Gasteiger partial charge in [-0.05, 0) is 36.6 Å². The molecule has 2 aliphatic heterocycles. The van der Waals surface area contributed by atoms with Gasteiger partial charge in [0.1, 0.15) is 11.5 Å². The summed E-state index contributed by atoms with van der Waals surface area (Å²) in [6.45, 7) is 3.07. The van der Waals surface area contributed by atoms with Gasteiger partial charge in [-0.2, -0.15) is 0 Å². The van der Waals surface area contributed by atoms with Crippen LogP contribution in [0.25, 0.3) is 0 Å². The number of ketones is 1. The molecule has 1 aromatic carbocycles. The summed E-state index contributed by atoms with van der Waals surface area (Å²) >= 11 is 0. The van der Waals surface area contributed by atoms with E-state index in [-0.39, 0.29) is 23.5 Å². The largest absolute Gasteiger partial charge is 0.458 e. The summed E-state index contributed by atoms with van der Waals surface area (Å²) in [4.78, 5) is 26.9. The van der Waals surface area contributed by atoms with Crippen molar-refractivity contribution in [2.24, 2.45) is 0 Å². The molecule has 3 heterocycles. The normalized spacial score (nSPS) is 21.2. The Morgan fingerprint density at radius 3 is 2.92 bits per heavy atom. The second kappa shape index (κ2) is 5.67. The van der Waals surface area contributed by atoms with Crippen LogP contribution in [0.3, 0.4) is 0 Å². The lowest BCUT2D eigenvalue weighted by molar-refractivity contribution is -0.132. The first-order valence-electron chi connectivity index (χ1n) is 8.08. The van der Waals surface area contributed by atoms with Gasteiger partial charge in [-0.3, -0.25) is 9.59 Å². The molecule has 0 saturated carbocycles. The van der Waals surface area contributed by atoms with E-state index in [1.807, 2.05) is 17.0 Å². The molecule has 0 spiro atoms. The number of hydrogen-bond acceptors (Lipinski definition) is 4. The van der Waals surface area contributed by atoms with E-state index in [1.54, 1.807) is 19.1 Å². The number of rotatable bonds is 2. The number of piperazine rings is 1. The van der Waals surface area contributed by atoms with Gasteiger partial charge in [-0.15, -0.1) is 0 Å². The number of nitrogens with zero attached hydrogens (tertiary/aromatic N) is 1. The van der Waals surface area contributed by atoms with E-state index >= 15 is 0 Å². The summed E-state index contributed by atoms with van der Waals surface area (Å²) in [6, 6.07) is 11.6. The molecule has 24 heavy (non-hydrogen) atoms. The number of aryl methyl sites for hydroxylation is 1. The predicted molar refractivity (Wildman–Crippen MR) is 88.5 cm³/mol. The molecule has 1 fully saturated rings. The molecule has 5 heteroatoms. The van der Waals surface area contributed by atoms with Gasteiger partial charge in [0.25, 0.3) is 5.91 Å². The van der Waals surface area contributed by atoms with Crippen LogP contribution >= 0.6 is 0 Å². The molecule has 5 nitrogen and oxygen atoms in total. The zero-order valence-electron chi connectivity index (χ0n) is 13.4. The van der Waals surface area contributed by atoms with Crippen LogP contribution in [0.5, 0.6) is 0 Å². The Morgan fingerprint density at radius 2 is 2.12 bits per heavy atom. The highest BCUT2D eigenvalue weighted by molar-refractivity contribution is 6.08. The summed E-state index contributed by atoms with van der Waals surface area (Å²) in [7, 11) is 0. The first kappa shape index (κ1) is 14.8. The van der Waals surface area contributed by atoms with Gasteiger partial charge in [0.05, 0.1) is 6.04 Å². The molecule has 0 aliphatic carbocycles. The van der Waals surface area contributed by atoms with Crippen LogP contribution in [0.4, 0.5) is 0 Å². The lowest BCUT2D eigenvalue weighted by Crippen LogP contribution is -2.51. The van der Waals surface area contributed by atoms with Gasteiger partial charge in [-0.1, -0.05) is 24.3 Å². The van der Waals surface area contributed by atoms with Gasteiger partial charge in [-0.25, -0.2) is 0 Å². The van der Waals surface area contributed by atoms with E-state index in [0.29, 0.717) is 24.5 Å². The highest BCUT2D eigenvalue weighted by Gasteiger charge is 2.36. The van der Waals surface area contributed by atoms with Gasteiger partial charge < -0.3 is 14.6 Å². The maximum absolute atomic E-state index is 12.8. The average molecular weight is 322 g/mol. The third kappa shape index (κ3) is 2.42. The minimum atomic E-state index is -0.296. The average Bonchev–Trinajstić information content (AvgIpc) is 3.03. The minimum Gasteiger partial charge on any atom is -0.458 e. The number of carbonyl (C=O) groups excluding carboxylic acids is 2. The topological polar surface area (TPSA) is 62.6 Å². The van der Waals surface area contributed by atoms with Crippen LogP contribution in [0, 0.1) is 6.92 Å². The number of carbonyl (C=O) groups is 2. The van der Waals surface area contributed by atoms with E-state index in [1.165, 1.54) is 17.2 Å². The first-order valence-corrected chi connectivity index (χ1v) is 8.08. The molecule has 1 atom stereocenters. The Morgan fingerprint density at radius 1 is 1.29 bits per heavy atom. The third-order valence-corrected chi connectivity index (χ3v) is 4.65. The molecule has 1 aromatic heterocycles. The van der Waals surface area contributed by atoms with Crippen LogP contribution in [0.2, 0.25) is 0 Å². The summed E-state index contributed by atoms with van der Waals surface area (Å²) in [6.07, 6.45) is 2.19. The smallest absolute Gasteiger partial charge is 0.270 e. The molecule has 0 radical (unpaired) electrons. The third-order valence-electron chi connectivity index (χ3n) is 4.65. The highest BCUT2D eigenvalue weighted by Crippen LogP contribution is 2.32. The van der Waals surface area contributed by atoms with Crippen molar-refractivity contribution >= 4 is 11.7 Å².